The molecule has 1 aromatic carbocycles. The lowest BCUT2D eigenvalue weighted by Gasteiger charge is -2.35. The third-order valence-electron chi connectivity index (χ3n) is 3.81. The third kappa shape index (κ3) is 2.86. The van der Waals surface area contributed by atoms with Gasteiger partial charge in [-0.05, 0) is 19.1 Å². The summed E-state index contributed by atoms with van der Waals surface area (Å²) in [6.07, 6.45) is 1.56. The number of rotatable bonds is 2. The van der Waals surface area contributed by atoms with Crippen LogP contribution in [0.25, 0.3) is 0 Å². The highest BCUT2D eigenvalue weighted by Gasteiger charge is 2.24. The first-order valence-electron chi connectivity index (χ1n) is 7.26. The van der Waals surface area contributed by atoms with E-state index in [-0.39, 0.29) is 11.7 Å². The molecule has 22 heavy (non-hydrogen) atoms. The van der Waals surface area contributed by atoms with Gasteiger partial charge in [0.05, 0.1) is 5.56 Å². The van der Waals surface area contributed by atoms with Crippen molar-refractivity contribution in [2.24, 2.45) is 0 Å². The van der Waals surface area contributed by atoms with Crippen molar-refractivity contribution < 1.29 is 9.90 Å². The number of phenols is 1. The van der Waals surface area contributed by atoms with Crippen LogP contribution in [0.1, 0.15) is 16.1 Å². The zero-order valence-electron chi connectivity index (χ0n) is 12.4. The molecule has 2 heterocycles. The summed E-state index contributed by atoms with van der Waals surface area (Å²) in [6, 6.07) is 8.60. The number of anilines is 1. The minimum atomic E-state index is -0.128. The molecule has 1 aliphatic heterocycles. The van der Waals surface area contributed by atoms with E-state index in [1.165, 1.54) is 6.07 Å². The van der Waals surface area contributed by atoms with Gasteiger partial charge in [0.15, 0.2) is 0 Å². The number of para-hydroxylation sites is 1. The Labute approximate surface area is 129 Å². The molecule has 1 fully saturated rings. The van der Waals surface area contributed by atoms with Crippen molar-refractivity contribution in [3.63, 3.8) is 0 Å². The number of amides is 1. The lowest BCUT2D eigenvalue weighted by molar-refractivity contribution is 0.0743. The summed E-state index contributed by atoms with van der Waals surface area (Å²) in [4.78, 5) is 24.7. The van der Waals surface area contributed by atoms with E-state index in [0.717, 1.165) is 24.6 Å². The van der Waals surface area contributed by atoms with Gasteiger partial charge in [-0.1, -0.05) is 12.1 Å². The van der Waals surface area contributed by atoms with Gasteiger partial charge in [0.25, 0.3) is 5.91 Å². The molecule has 0 bridgehead atoms. The van der Waals surface area contributed by atoms with E-state index in [2.05, 4.69) is 14.9 Å². The van der Waals surface area contributed by atoms with E-state index in [0.29, 0.717) is 18.7 Å². The van der Waals surface area contributed by atoms with Crippen LogP contribution in [-0.2, 0) is 0 Å². The standard InChI is InChI=1S/C16H18N4O2/c1-12-10-15(18-11-17-12)19-6-8-20(9-7-19)16(22)13-4-2-3-5-14(13)21/h2-5,10-11,21H,6-9H2,1H3. The minimum Gasteiger partial charge on any atom is -0.507 e. The van der Waals surface area contributed by atoms with E-state index in [1.54, 1.807) is 29.4 Å². The molecular weight excluding hydrogens is 280 g/mol. The van der Waals surface area contributed by atoms with Crippen molar-refractivity contribution in [3.05, 3.63) is 47.9 Å². The lowest BCUT2D eigenvalue weighted by Crippen LogP contribution is -2.49. The van der Waals surface area contributed by atoms with E-state index >= 15 is 0 Å². The first-order chi connectivity index (χ1) is 10.6. The Balaban J connectivity index is 1.67. The van der Waals surface area contributed by atoms with Crippen LogP contribution in [0.5, 0.6) is 5.75 Å². The number of hydrogen-bond acceptors (Lipinski definition) is 5. The number of carbonyl (C=O) groups excluding carboxylic acids is 1. The number of nitrogens with zero attached hydrogens (tertiary/aromatic N) is 4. The largest absolute Gasteiger partial charge is 0.507 e. The van der Waals surface area contributed by atoms with Crippen LogP contribution in [0.15, 0.2) is 36.7 Å². The van der Waals surface area contributed by atoms with Gasteiger partial charge in [-0.15, -0.1) is 0 Å². The zero-order chi connectivity index (χ0) is 15.5. The fourth-order valence-corrected chi connectivity index (χ4v) is 2.58. The van der Waals surface area contributed by atoms with Crippen molar-refractivity contribution in [1.82, 2.24) is 14.9 Å². The Morgan fingerprint density at radius 2 is 1.86 bits per heavy atom. The van der Waals surface area contributed by atoms with Crippen LogP contribution in [-0.4, -0.2) is 52.1 Å². The van der Waals surface area contributed by atoms with Gasteiger partial charge in [-0.2, -0.15) is 0 Å². The maximum Gasteiger partial charge on any atom is 0.257 e. The molecule has 2 aromatic rings. The van der Waals surface area contributed by atoms with Crippen LogP contribution in [0.4, 0.5) is 5.82 Å². The number of aryl methyl sites for hydroxylation is 1. The highest BCUT2D eigenvalue weighted by molar-refractivity contribution is 5.96. The fraction of sp³-hybridized carbons (Fsp3) is 0.312. The Morgan fingerprint density at radius 3 is 2.55 bits per heavy atom. The van der Waals surface area contributed by atoms with Crippen molar-refractivity contribution in [1.29, 1.82) is 0 Å². The molecule has 0 radical (unpaired) electrons. The maximum absolute atomic E-state index is 12.4. The average molecular weight is 298 g/mol. The zero-order valence-corrected chi connectivity index (χ0v) is 12.4. The maximum atomic E-state index is 12.4. The van der Waals surface area contributed by atoms with Crippen LogP contribution >= 0.6 is 0 Å². The number of piperazine rings is 1. The van der Waals surface area contributed by atoms with Crippen molar-refractivity contribution in [2.75, 3.05) is 31.1 Å². The van der Waals surface area contributed by atoms with Crippen LogP contribution in [0.2, 0.25) is 0 Å². The Morgan fingerprint density at radius 1 is 1.14 bits per heavy atom. The third-order valence-corrected chi connectivity index (χ3v) is 3.81. The highest BCUT2D eigenvalue weighted by Crippen LogP contribution is 2.20. The SMILES string of the molecule is Cc1cc(N2CCN(C(=O)c3ccccc3O)CC2)ncn1. The summed E-state index contributed by atoms with van der Waals surface area (Å²) in [5.41, 5.74) is 1.28. The quantitative estimate of drug-likeness (QED) is 0.909. The monoisotopic (exact) mass is 298 g/mol. The molecule has 0 spiro atoms. The smallest absolute Gasteiger partial charge is 0.257 e. The molecule has 6 heteroatoms. The Hall–Kier alpha value is -2.63. The van der Waals surface area contributed by atoms with Crippen molar-refractivity contribution >= 4 is 11.7 Å². The van der Waals surface area contributed by atoms with Gasteiger partial charge < -0.3 is 14.9 Å². The predicted molar refractivity (Wildman–Crippen MR) is 83.0 cm³/mol. The van der Waals surface area contributed by atoms with Crippen LogP contribution in [0, 0.1) is 6.92 Å². The molecule has 0 saturated carbocycles. The van der Waals surface area contributed by atoms with Gasteiger partial charge in [0.1, 0.15) is 17.9 Å². The predicted octanol–water partition coefficient (Wildman–Crippen LogP) is 1.45. The number of carbonyl (C=O) groups is 1. The van der Waals surface area contributed by atoms with Crippen LogP contribution < -0.4 is 4.90 Å². The van der Waals surface area contributed by atoms with E-state index in [1.807, 2.05) is 13.0 Å². The van der Waals surface area contributed by atoms with Gasteiger partial charge in [-0.25, -0.2) is 9.97 Å². The molecule has 1 amide bonds. The fourth-order valence-electron chi connectivity index (χ4n) is 2.58. The summed E-state index contributed by atoms with van der Waals surface area (Å²) < 4.78 is 0. The molecule has 1 saturated heterocycles. The molecule has 6 nitrogen and oxygen atoms in total. The molecular formula is C16H18N4O2. The van der Waals surface area contributed by atoms with Gasteiger partial charge in [0, 0.05) is 37.9 Å². The molecule has 114 valence electrons. The number of phenolic OH excluding ortho intramolecular Hbond substituents is 1. The highest BCUT2D eigenvalue weighted by atomic mass is 16.3. The molecule has 1 aliphatic rings. The first kappa shape index (κ1) is 14.3. The molecule has 0 atom stereocenters. The van der Waals surface area contributed by atoms with E-state index < -0.39 is 0 Å². The normalized spacial score (nSPS) is 15.0. The van der Waals surface area contributed by atoms with E-state index in [4.69, 9.17) is 0 Å². The number of aromatic nitrogens is 2. The Kier molecular flexibility index (Phi) is 3.91. The second kappa shape index (κ2) is 6.01. The number of aromatic hydroxyl groups is 1. The lowest BCUT2D eigenvalue weighted by atomic mass is 10.1. The molecule has 0 unspecified atom stereocenters. The average Bonchev–Trinajstić information content (AvgIpc) is 2.55. The summed E-state index contributed by atoms with van der Waals surface area (Å²) in [5.74, 6) is 0.792. The van der Waals surface area contributed by atoms with Gasteiger partial charge in [0.2, 0.25) is 0 Å². The van der Waals surface area contributed by atoms with Gasteiger partial charge >= 0.3 is 0 Å². The second-order valence-electron chi connectivity index (χ2n) is 5.31. The minimum absolute atomic E-state index is 0.0290. The summed E-state index contributed by atoms with van der Waals surface area (Å²) in [6.45, 7) is 4.58. The molecule has 0 aliphatic carbocycles. The molecule has 1 aromatic heterocycles. The first-order valence-corrected chi connectivity index (χ1v) is 7.26. The number of benzene rings is 1. The number of hydrogen-bond donors (Lipinski definition) is 1. The van der Waals surface area contributed by atoms with Crippen LogP contribution in [0.3, 0.4) is 0 Å². The molecule has 1 N–H and O–H groups in total. The van der Waals surface area contributed by atoms with Gasteiger partial charge in [-0.3, -0.25) is 4.79 Å². The van der Waals surface area contributed by atoms with E-state index in [9.17, 15) is 9.90 Å². The van der Waals surface area contributed by atoms with Crippen molar-refractivity contribution in [2.45, 2.75) is 6.92 Å². The summed E-state index contributed by atoms with van der Waals surface area (Å²) in [5, 5.41) is 9.80. The topological polar surface area (TPSA) is 69.6 Å². The summed E-state index contributed by atoms with van der Waals surface area (Å²) >= 11 is 0. The Bertz CT molecular complexity index is 681. The summed E-state index contributed by atoms with van der Waals surface area (Å²) in [7, 11) is 0. The van der Waals surface area contributed by atoms with Crippen molar-refractivity contribution in [3.8, 4) is 5.75 Å². The molecule has 3 rings (SSSR count). The second-order valence-corrected chi connectivity index (χ2v) is 5.31.